The van der Waals surface area contributed by atoms with Crippen molar-refractivity contribution >= 4 is 27.2 Å². The first-order chi connectivity index (χ1) is 6.31. The summed E-state index contributed by atoms with van der Waals surface area (Å²) in [6.45, 7) is 1.76. The number of ketones is 1. The van der Waals surface area contributed by atoms with Gasteiger partial charge in [-0.2, -0.15) is 0 Å². The number of hydrogen-bond donors (Lipinski definition) is 0. The highest BCUT2D eigenvalue weighted by Gasteiger charge is 2.03. The van der Waals surface area contributed by atoms with E-state index in [2.05, 4.69) is 0 Å². The van der Waals surface area contributed by atoms with Crippen molar-refractivity contribution in [1.29, 1.82) is 0 Å². The quantitative estimate of drug-likeness (QED) is 0.662. The van der Waals surface area contributed by atoms with Crippen LogP contribution in [0.4, 0.5) is 0 Å². The van der Waals surface area contributed by atoms with Crippen molar-refractivity contribution in [3.05, 3.63) is 41.6 Å². The van der Waals surface area contributed by atoms with Crippen LogP contribution in [-0.4, -0.2) is 5.78 Å². The molecule has 2 rings (SSSR count). The SMILES string of the molecule is C[CH]C(=O)c1ccc2sccc2c1. The molecule has 0 aliphatic carbocycles. The van der Waals surface area contributed by atoms with Crippen molar-refractivity contribution in [3.63, 3.8) is 0 Å². The molecule has 2 aromatic rings. The van der Waals surface area contributed by atoms with Gasteiger partial charge >= 0.3 is 0 Å². The molecule has 0 amide bonds. The standard InChI is InChI=1S/C11H9OS/c1-2-10(12)8-3-4-11-9(7-8)5-6-13-11/h2-7H,1H3. The molecule has 1 aromatic carbocycles. The van der Waals surface area contributed by atoms with Gasteiger partial charge in [0, 0.05) is 16.7 Å². The predicted molar refractivity (Wildman–Crippen MR) is 56.1 cm³/mol. The van der Waals surface area contributed by atoms with Crippen LogP contribution in [0.15, 0.2) is 29.6 Å². The number of fused-ring (bicyclic) bond motifs is 1. The number of carbonyl (C=O) groups is 1. The largest absolute Gasteiger partial charge is 0.294 e. The van der Waals surface area contributed by atoms with Gasteiger partial charge in [0.25, 0.3) is 0 Å². The third kappa shape index (κ3) is 1.49. The Morgan fingerprint density at radius 1 is 1.38 bits per heavy atom. The van der Waals surface area contributed by atoms with E-state index in [1.54, 1.807) is 24.7 Å². The number of carbonyl (C=O) groups excluding carboxylic acids is 1. The van der Waals surface area contributed by atoms with Crippen molar-refractivity contribution in [2.45, 2.75) is 6.92 Å². The minimum Gasteiger partial charge on any atom is -0.294 e. The van der Waals surface area contributed by atoms with Gasteiger partial charge in [0.2, 0.25) is 0 Å². The van der Waals surface area contributed by atoms with E-state index >= 15 is 0 Å². The summed E-state index contributed by atoms with van der Waals surface area (Å²) in [5.74, 6) is 0.0908. The molecule has 1 aromatic heterocycles. The van der Waals surface area contributed by atoms with Crippen molar-refractivity contribution in [3.8, 4) is 0 Å². The third-order valence-electron chi connectivity index (χ3n) is 2.00. The number of thiophene rings is 1. The van der Waals surface area contributed by atoms with Crippen LogP contribution in [0, 0.1) is 6.42 Å². The fourth-order valence-corrected chi connectivity index (χ4v) is 2.06. The lowest BCUT2D eigenvalue weighted by molar-refractivity contribution is 0.103. The molecule has 2 heteroatoms. The zero-order valence-electron chi connectivity index (χ0n) is 7.28. The molecule has 13 heavy (non-hydrogen) atoms. The summed E-state index contributed by atoms with van der Waals surface area (Å²) < 4.78 is 1.23. The molecule has 0 aliphatic rings. The lowest BCUT2D eigenvalue weighted by atomic mass is 10.1. The van der Waals surface area contributed by atoms with Crippen molar-refractivity contribution in [1.82, 2.24) is 0 Å². The third-order valence-corrected chi connectivity index (χ3v) is 2.90. The Morgan fingerprint density at radius 3 is 3.00 bits per heavy atom. The Bertz CT molecular complexity index is 442. The van der Waals surface area contributed by atoms with Gasteiger partial charge in [-0.05, 0) is 35.0 Å². The second-order valence-corrected chi connectivity index (χ2v) is 3.77. The summed E-state index contributed by atoms with van der Waals surface area (Å²) in [6.07, 6.45) is 1.59. The van der Waals surface area contributed by atoms with E-state index in [1.807, 2.05) is 29.6 Å². The fourth-order valence-electron chi connectivity index (χ4n) is 1.29. The van der Waals surface area contributed by atoms with Gasteiger partial charge in [-0.15, -0.1) is 11.3 Å². The molecule has 0 atom stereocenters. The zero-order chi connectivity index (χ0) is 9.26. The molecule has 0 unspecified atom stereocenters. The van der Waals surface area contributed by atoms with Crippen LogP contribution in [0.3, 0.4) is 0 Å². The lowest BCUT2D eigenvalue weighted by Crippen LogP contribution is -1.95. The molecule has 0 bridgehead atoms. The van der Waals surface area contributed by atoms with Gasteiger partial charge in [-0.1, -0.05) is 6.92 Å². The van der Waals surface area contributed by atoms with Gasteiger partial charge in [0.05, 0.1) is 0 Å². The summed E-state index contributed by atoms with van der Waals surface area (Å²) in [5.41, 5.74) is 0.772. The second kappa shape index (κ2) is 3.30. The molecule has 0 saturated carbocycles. The van der Waals surface area contributed by atoms with Crippen LogP contribution in [0.1, 0.15) is 17.3 Å². The Morgan fingerprint density at radius 2 is 2.23 bits per heavy atom. The molecular formula is C11H9OS. The highest BCUT2D eigenvalue weighted by molar-refractivity contribution is 7.17. The van der Waals surface area contributed by atoms with Crippen LogP contribution >= 0.6 is 11.3 Å². The first kappa shape index (κ1) is 8.45. The number of benzene rings is 1. The first-order valence-corrected chi connectivity index (χ1v) is 5.00. The molecule has 0 fully saturated rings. The zero-order valence-corrected chi connectivity index (χ0v) is 8.10. The summed E-state index contributed by atoms with van der Waals surface area (Å²) >= 11 is 1.69. The maximum Gasteiger partial charge on any atom is 0.166 e. The fraction of sp³-hybridized carbons (Fsp3) is 0.0909. The Kier molecular flexibility index (Phi) is 2.15. The molecule has 1 radical (unpaired) electrons. The highest BCUT2D eigenvalue weighted by atomic mass is 32.1. The van der Waals surface area contributed by atoms with E-state index in [-0.39, 0.29) is 5.78 Å². The molecule has 0 saturated heterocycles. The average Bonchev–Trinajstić information content (AvgIpc) is 2.63. The Hall–Kier alpha value is -1.15. The van der Waals surface area contributed by atoms with E-state index in [9.17, 15) is 4.79 Å². The normalized spacial score (nSPS) is 10.5. The van der Waals surface area contributed by atoms with Gasteiger partial charge in [0.15, 0.2) is 5.78 Å². The average molecular weight is 189 g/mol. The van der Waals surface area contributed by atoms with Crippen molar-refractivity contribution < 1.29 is 4.79 Å². The minimum atomic E-state index is 0.0908. The predicted octanol–water partition coefficient (Wildman–Crippen LogP) is 3.31. The molecule has 0 spiro atoms. The van der Waals surface area contributed by atoms with Crippen LogP contribution in [-0.2, 0) is 0 Å². The van der Waals surface area contributed by atoms with E-state index in [0.717, 1.165) is 10.9 Å². The minimum absolute atomic E-state index is 0.0908. The van der Waals surface area contributed by atoms with Crippen LogP contribution < -0.4 is 0 Å². The maximum absolute atomic E-state index is 11.3. The molecule has 0 aliphatic heterocycles. The van der Waals surface area contributed by atoms with Crippen LogP contribution in [0.2, 0.25) is 0 Å². The summed E-state index contributed by atoms with van der Waals surface area (Å²) in [7, 11) is 0. The van der Waals surface area contributed by atoms with Gasteiger partial charge in [-0.3, -0.25) is 4.79 Å². The van der Waals surface area contributed by atoms with E-state index in [0.29, 0.717) is 0 Å². The molecular weight excluding hydrogens is 180 g/mol. The van der Waals surface area contributed by atoms with Crippen molar-refractivity contribution in [2.24, 2.45) is 0 Å². The van der Waals surface area contributed by atoms with Gasteiger partial charge in [0.1, 0.15) is 0 Å². The molecule has 1 heterocycles. The molecule has 65 valence electrons. The number of Topliss-reactive ketones (excluding diaryl/α,β-unsaturated/α-hetero) is 1. The van der Waals surface area contributed by atoms with E-state index in [1.165, 1.54) is 4.70 Å². The van der Waals surface area contributed by atoms with Crippen LogP contribution in [0.5, 0.6) is 0 Å². The summed E-state index contributed by atoms with van der Waals surface area (Å²) in [4.78, 5) is 11.3. The van der Waals surface area contributed by atoms with E-state index < -0.39 is 0 Å². The topological polar surface area (TPSA) is 17.1 Å². The Labute approximate surface area is 81.0 Å². The smallest absolute Gasteiger partial charge is 0.166 e. The molecule has 0 N–H and O–H groups in total. The van der Waals surface area contributed by atoms with E-state index in [4.69, 9.17) is 0 Å². The number of rotatable bonds is 2. The van der Waals surface area contributed by atoms with Crippen LogP contribution in [0.25, 0.3) is 10.1 Å². The molecule has 1 nitrogen and oxygen atoms in total. The summed E-state index contributed by atoms with van der Waals surface area (Å²) in [6, 6.07) is 7.85. The first-order valence-electron chi connectivity index (χ1n) is 4.12. The lowest BCUT2D eigenvalue weighted by Gasteiger charge is -1.96. The number of hydrogen-bond acceptors (Lipinski definition) is 2. The highest BCUT2D eigenvalue weighted by Crippen LogP contribution is 2.22. The van der Waals surface area contributed by atoms with Gasteiger partial charge < -0.3 is 0 Å². The second-order valence-electron chi connectivity index (χ2n) is 2.83. The van der Waals surface area contributed by atoms with Gasteiger partial charge in [-0.25, -0.2) is 0 Å². The Balaban J connectivity index is 2.54. The summed E-state index contributed by atoms with van der Waals surface area (Å²) in [5, 5.41) is 3.19. The van der Waals surface area contributed by atoms with Crippen molar-refractivity contribution in [2.75, 3.05) is 0 Å². The maximum atomic E-state index is 11.3. The monoisotopic (exact) mass is 189 g/mol.